The highest BCUT2D eigenvalue weighted by Gasteiger charge is 2.22. The molecule has 1 aliphatic rings. The van der Waals surface area contributed by atoms with Crippen molar-refractivity contribution >= 4 is 5.91 Å². The van der Waals surface area contributed by atoms with Gasteiger partial charge < -0.3 is 14.8 Å². The summed E-state index contributed by atoms with van der Waals surface area (Å²) < 4.78 is 12.1. The smallest absolute Gasteiger partial charge is 0.220 e. The molecule has 0 atom stereocenters. The normalized spacial score (nSPS) is 13.2. The van der Waals surface area contributed by atoms with Crippen LogP contribution in [0.4, 0.5) is 0 Å². The van der Waals surface area contributed by atoms with Crippen molar-refractivity contribution in [2.24, 2.45) is 0 Å². The molecule has 0 saturated heterocycles. The summed E-state index contributed by atoms with van der Waals surface area (Å²) >= 11 is 0. The number of hydrogen-bond donors (Lipinski definition) is 1. The first-order chi connectivity index (χ1) is 16.2. The van der Waals surface area contributed by atoms with Gasteiger partial charge in [-0.15, -0.1) is 0 Å². The zero-order chi connectivity index (χ0) is 23.6. The van der Waals surface area contributed by atoms with Gasteiger partial charge in [0.1, 0.15) is 11.5 Å². The molecular weight excluding hydrogens is 410 g/mol. The quantitative estimate of drug-likeness (QED) is 0.191. The van der Waals surface area contributed by atoms with Gasteiger partial charge in [0, 0.05) is 18.5 Å². The molecule has 1 fully saturated rings. The van der Waals surface area contributed by atoms with Gasteiger partial charge in [-0.25, -0.2) is 0 Å². The highest BCUT2D eigenvalue weighted by molar-refractivity contribution is 5.76. The molecule has 0 bridgehead atoms. The molecule has 1 aromatic rings. The Morgan fingerprint density at radius 1 is 0.758 bits per heavy atom. The lowest BCUT2D eigenvalue weighted by Crippen LogP contribution is -2.24. The van der Waals surface area contributed by atoms with Gasteiger partial charge in [0.25, 0.3) is 0 Å². The first-order valence-corrected chi connectivity index (χ1v) is 13.9. The molecule has 188 valence electrons. The summed E-state index contributed by atoms with van der Waals surface area (Å²) in [5.41, 5.74) is 1.33. The highest BCUT2D eigenvalue weighted by Crippen LogP contribution is 2.25. The summed E-state index contributed by atoms with van der Waals surface area (Å²) in [6.07, 6.45) is 19.8. The number of rotatable bonds is 21. The van der Waals surface area contributed by atoms with Crippen LogP contribution < -0.4 is 14.8 Å². The Kier molecular flexibility index (Phi) is 14.8. The number of aryl methyl sites for hydroxylation is 1. The Morgan fingerprint density at radius 3 is 1.94 bits per heavy atom. The van der Waals surface area contributed by atoms with Crippen molar-refractivity contribution in [3.63, 3.8) is 0 Å². The maximum absolute atomic E-state index is 11.7. The summed E-state index contributed by atoms with van der Waals surface area (Å²) in [6, 6.07) is 6.95. The van der Waals surface area contributed by atoms with E-state index in [2.05, 4.69) is 37.4 Å². The molecule has 1 aliphatic carbocycles. The molecule has 1 amide bonds. The SMILES string of the molecule is CCCCCc1cc(OCCCC)cc(OCCCCCCCCCCC(=O)NC2CC2)c1. The number of amides is 1. The van der Waals surface area contributed by atoms with E-state index < -0.39 is 0 Å². The number of unbranched alkanes of at least 4 members (excludes halogenated alkanes) is 10. The molecule has 0 aromatic heterocycles. The molecule has 2 rings (SSSR count). The zero-order valence-electron chi connectivity index (χ0n) is 21.5. The third-order valence-electron chi connectivity index (χ3n) is 6.28. The van der Waals surface area contributed by atoms with E-state index in [1.54, 1.807) is 0 Å². The second-order valence-corrected chi connectivity index (χ2v) is 9.74. The van der Waals surface area contributed by atoms with E-state index in [0.29, 0.717) is 12.5 Å². The van der Waals surface area contributed by atoms with Crippen LogP contribution in [0.5, 0.6) is 11.5 Å². The van der Waals surface area contributed by atoms with Crippen LogP contribution in [0.1, 0.15) is 122 Å². The first kappa shape index (κ1) is 27.5. The van der Waals surface area contributed by atoms with E-state index in [9.17, 15) is 4.79 Å². The maximum atomic E-state index is 11.7. The summed E-state index contributed by atoms with van der Waals surface area (Å²) in [5.74, 6) is 2.17. The van der Waals surface area contributed by atoms with Crippen LogP contribution in [0.25, 0.3) is 0 Å². The lowest BCUT2D eigenvalue weighted by atomic mass is 10.1. The summed E-state index contributed by atoms with van der Waals surface area (Å²) in [5, 5.41) is 3.07. The second kappa shape index (κ2) is 17.7. The highest BCUT2D eigenvalue weighted by atomic mass is 16.5. The fourth-order valence-electron chi connectivity index (χ4n) is 4.02. The van der Waals surface area contributed by atoms with Gasteiger partial charge in [-0.1, -0.05) is 71.6 Å². The Bertz CT molecular complexity index is 614. The molecule has 1 saturated carbocycles. The fraction of sp³-hybridized carbons (Fsp3) is 0.759. The first-order valence-electron chi connectivity index (χ1n) is 13.9. The monoisotopic (exact) mass is 459 g/mol. The third kappa shape index (κ3) is 14.2. The minimum Gasteiger partial charge on any atom is -0.493 e. The van der Waals surface area contributed by atoms with Gasteiger partial charge >= 0.3 is 0 Å². The molecule has 1 N–H and O–H groups in total. The molecular formula is C29H49NO3. The molecule has 0 heterocycles. The van der Waals surface area contributed by atoms with Crippen LogP contribution in [0.3, 0.4) is 0 Å². The van der Waals surface area contributed by atoms with Crippen molar-refractivity contribution in [3.05, 3.63) is 23.8 Å². The molecule has 4 nitrogen and oxygen atoms in total. The van der Waals surface area contributed by atoms with E-state index >= 15 is 0 Å². The van der Waals surface area contributed by atoms with Gasteiger partial charge in [-0.3, -0.25) is 4.79 Å². The number of carbonyl (C=O) groups excluding carboxylic acids is 1. The Hall–Kier alpha value is -1.71. The van der Waals surface area contributed by atoms with Gasteiger partial charge in [0.15, 0.2) is 0 Å². The van der Waals surface area contributed by atoms with Crippen LogP contribution in [-0.2, 0) is 11.2 Å². The van der Waals surface area contributed by atoms with E-state index in [4.69, 9.17) is 9.47 Å². The molecule has 1 aromatic carbocycles. The lowest BCUT2D eigenvalue weighted by Gasteiger charge is -2.12. The summed E-state index contributed by atoms with van der Waals surface area (Å²) in [4.78, 5) is 11.7. The largest absolute Gasteiger partial charge is 0.493 e. The average Bonchev–Trinajstić information content (AvgIpc) is 3.62. The van der Waals surface area contributed by atoms with Crippen molar-refractivity contribution in [3.8, 4) is 11.5 Å². The van der Waals surface area contributed by atoms with Crippen LogP contribution in [0.15, 0.2) is 18.2 Å². The minimum absolute atomic E-state index is 0.253. The molecule has 0 unspecified atom stereocenters. The van der Waals surface area contributed by atoms with Crippen molar-refractivity contribution in [2.45, 2.75) is 129 Å². The van der Waals surface area contributed by atoms with E-state index in [1.807, 2.05) is 0 Å². The number of ether oxygens (including phenoxy) is 2. The Balaban J connectivity index is 1.53. The predicted molar refractivity (Wildman–Crippen MR) is 138 cm³/mol. The van der Waals surface area contributed by atoms with Crippen LogP contribution in [0, 0.1) is 0 Å². The predicted octanol–water partition coefficient (Wildman–Crippen LogP) is 7.77. The van der Waals surface area contributed by atoms with Crippen LogP contribution in [0.2, 0.25) is 0 Å². The second-order valence-electron chi connectivity index (χ2n) is 9.74. The number of nitrogens with one attached hydrogen (secondary N) is 1. The Labute approximate surface area is 203 Å². The van der Waals surface area contributed by atoms with Gasteiger partial charge in [0.05, 0.1) is 13.2 Å². The van der Waals surface area contributed by atoms with Crippen molar-refractivity contribution in [1.82, 2.24) is 5.32 Å². The van der Waals surface area contributed by atoms with Crippen molar-refractivity contribution < 1.29 is 14.3 Å². The Morgan fingerprint density at radius 2 is 1.33 bits per heavy atom. The van der Waals surface area contributed by atoms with Crippen molar-refractivity contribution in [1.29, 1.82) is 0 Å². The summed E-state index contributed by atoms with van der Waals surface area (Å²) in [7, 11) is 0. The molecule has 33 heavy (non-hydrogen) atoms. The van der Waals surface area contributed by atoms with E-state index in [1.165, 1.54) is 76.2 Å². The maximum Gasteiger partial charge on any atom is 0.220 e. The number of hydrogen-bond acceptors (Lipinski definition) is 3. The average molecular weight is 460 g/mol. The molecule has 0 radical (unpaired) electrons. The molecule has 0 spiro atoms. The minimum atomic E-state index is 0.253. The van der Waals surface area contributed by atoms with Crippen molar-refractivity contribution in [2.75, 3.05) is 13.2 Å². The molecule has 4 heteroatoms. The lowest BCUT2D eigenvalue weighted by molar-refractivity contribution is -0.121. The summed E-state index contributed by atoms with van der Waals surface area (Å²) in [6.45, 7) is 6.00. The van der Waals surface area contributed by atoms with Crippen LogP contribution in [-0.4, -0.2) is 25.2 Å². The third-order valence-corrected chi connectivity index (χ3v) is 6.28. The van der Waals surface area contributed by atoms with Gasteiger partial charge in [0.2, 0.25) is 5.91 Å². The number of benzene rings is 1. The topological polar surface area (TPSA) is 47.6 Å². The number of carbonyl (C=O) groups is 1. The van der Waals surface area contributed by atoms with Gasteiger partial charge in [-0.05, 0) is 62.6 Å². The van der Waals surface area contributed by atoms with E-state index in [-0.39, 0.29) is 5.91 Å². The zero-order valence-corrected chi connectivity index (χ0v) is 21.5. The van der Waals surface area contributed by atoms with Gasteiger partial charge in [-0.2, -0.15) is 0 Å². The van der Waals surface area contributed by atoms with Crippen LogP contribution >= 0.6 is 0 Å². The van der Waals surface area contributed by atoms with E-state index in [0.717, 1.165) is 56.8 Å². The molecule has 0 aliphatic heterocycles. The standard InChI is InChI=1S/C29H49NO3/c1-3-5-13-16-25-22-27(32-20-6-4-2)24-28(23-25)33-21-15-12-10-8-7-9-11-14-17-29(31)30-26-18-19-26/h22-24,26H,3-21H2,1-2H3,(H,30,31). The fourth-order valence-corrected chi connectivity index (χ4v) is 4.02.